The summed E-state index contributed by atoms with van der Waals surface area (Å²) in [4.78, 5) is 37.1. The fourth-order valence-corrected chi connectivity index (χ4v) is 8.99. The van der Waals surface area contributed by atoms with Crippen molar-refractivity contribution in [3.63, 3.8) is 0 Å². The zero-order valence-corrected chi connectivity index (χ0v) is 24.6. The summed E-state index contributed by atoms with van der Waals surface area (Å²) in [7, 11) is -2.84. The minimum Gasteiger partial charge on any atom is -0.432 e. The summed E-state index contributed by atoms with van der Waals surface area (Å²) in [5.74, 6) is -1.51. The lowest BCUT2D eigenvalue weighted by molar-refractivity contribution is -0.143. The van der Waals surface area contributed by atoms with Crippen LogP contribution in [-0.2, 0) is 26.5 Å². The predicted molar refractivity (Wildman–Crippen MR) is 155 cm³/mol. The minimum absolute atomic E-state index is 0.102. The Morgan fingerprint density at radius 3 is 2.63 bits per heavy atom. The topological polar surface area (TPSA) is 159 Å². The Bertz CT molecular complexity index is 1420. The molecule has 5 N–H and O–H groups in total. The molecule has 0 saturated carbocycles. The first-order chi connectivity index (χ1) is 19.5. The molecule has 2 aliphatic rings. The highest BCUT2D eigenvalue weighted by atomic mass is 28.4. The molecular weight excluding hydrogens is 542 g/mol. The van der Waals surface area contributed by atoms with Crippen LogP contribution in [0.1, 0.15) is 43.0 Å². The van der Waals surface area contributed by atoms with Crippen LogP contribution in [0.25, 0.3) is 0 Å². The van der Waals surface area contributed by atoms with Gasteiger partial charge in [0.05, 0.1) is 24.3 Å². The van der Waals surface area contributed by atoms with Crippen LogP contribution >= 0.6 is 0 Å². The number of aliphatic hydroxyl groups excluding tert-OH is 2. The summed E-state index contributed by atoms with van der Waals surface area (Å²) in [5.41, 5.74) is 1.61. The fraction of sp³-hybridized carbons (Fsp3) is 0.448. The van der Waals surface area contributed by atoms with Gasteiger partial charge in [-0.25, -0.2) is 0 Å². The number of hydrogen-bond acceptors (Lipinski definition) is 8. The summed E-state index contributed by atoms with van der Waals surface area (Å²) >= 11 is 0. The quantitative estimate of drug-likeness (QED) is 0.242. The van der Waals surface area contributed by atoms with Crippen LogP contribution in [0.3, 0.4) is 0 Å². The molecule has 1 spiro atoms. The van der Waals surface area contributed by atoms with Crippen LogP contribution in [-0.4, -0.2) is 68.9 Å². The number of nitrogens with zero attached hydrogens (tertiary/aromatic N) is 3. The second-order valence-corrected chi connectivity index (χ2v) is 15.6. The summed E-state index contributed by atoms with van der Waals surface area (Å²) < 4.78 is 8.38. The molecule has 5 rings (SSSR count). The number of benzene rings is 2. The van der Waals surface area contributed by atoms with Gasteiger partial charge in [-0.3, -0.25) is 14.3 Å². The van der Waals surface area contributed by atoms with E-state index in [0.29, 0.717) is 35.6 Å². The summed E-state index contributed by atoms with van der Waals surface area (Å²) in [6.07, 6.45) is 0.658. The first kappa shape index (κ1) is 29.1. The third kappa shape index (κ3) is 5.33. The highest BCUT2D eigenvalue weighted by Gasteiger charge is 2.64. The van der Waals surface area contributed by atoms with Gasteiger partial charge in [-0.05, 0) is 50.2 Å². The van der Waals surface area contributed by atoms with Crippen LogP contribution in [0, 0.1) is 5.92 Å². The standard InChI is InChI=1S/C29H37N5O6Si/c1-17-26(41(3,4)39)25(12-13-34-15-24(32-33-34)21(16-35)19-8-6-5-7-9-19)40-29(17)22-14-20(30-27(37)18(2)36)10-11-23(22)31-28(29)38/h5-11,14-15,17-18,21,25-26,35-36,39H,12-13,16H2,1-4H3,(H,30,37)(H,31,38)/t17-,18-,21?,25+,26-,29+/m0/s1. The number of rotatable bonds is 9. The van der Waals surface area contributed by atoms with Crippen LogP contribution < -0.4 is 10.6 Å². The zero-order valence-electron chi connectivity index (χ0n) is 23.6. The molecule has 1 saturated heterocycles. The van der Waals surface area contributed by atoms with E-state index in [1.165, 1.54) is 6.92 Å². The highest BCUT2D eigenvalue weighted by Crippen LogP contribution is 2.58. The highest BCUT2D eigenvalue weighted by molar-refractivity contribution is 6.71. The number of hydrogen-bond donors (Lipinski definition) is 5. The van der Waals surface area contributed by atoms with E-state index in [9.17, 15) is 24.6 Å². The van der Waals surface area contributed by atoms with Gasteiger partial charge in [0.2, 0.25) is 0 Å². The molecule has 218 valence electrons. The number of anilines is 2. The lowest BCUT2D eigenvalue weighted by Crippen LogP contribution is -2.43. The van der Waals surface area contributed by atoms with Gasteiger partial charge in [-0.2, -0.15) is 0 Å². The number of aliphatic hydroxyl groups is 2. The van der Waals surface area contributed by atoms with Crippen molar-refractivity contribution in [2.75, 3.05) is 17.2 Å². The van der Waals surface area contributed by atoms with Crippen molar-refractivity contribution < 1.29 is 29.3 Å². The van der Waals surface area contributed by atoms with Gasteiger partial charge in [0.15, 0.2) is 13.9 Å². The first-order valence-electron chi connectivity index (χ1n) is 13.9. The van der Waals surface area contributed by atoms with E-state index in [0.717, 1.165) is 5.56 Å². The molecule has 0 radical (unpaired) electrons. The Balaban J connectivity index is 1.40. The number of ether oxygens (including phenoxy) is 1. The van der Waals surface area contributed by atoms with E-state index in [1.54, 1.807) is 22.9 Å². The Kier molecular flexibility index (Phi) is 7.87. The second kappa shape index (κ2) is 11.1. The van der Waals surface area contributed by atoms with Crippen molar-refractivity contribution in [2.24, 2.45) is 5.92 Å². The molecule has 12 heteroatoms. The molecule has 1 unspecified atom stereocenters. The predicted octanol–water partition coefficient (Wildman–Crippen LogP) is 2.56. The van der Waals surface area contributed by atoms with E-state index in [1.807, 2.05) is 56.5 Å². The van der Waals surface area contributed by atoms with Crippen LogP contribution in [0.5, 0.6) is 0 Å². The summed E-state index contributed by atoms with van der Waals surface area (Å²) in [6.45, 7) is 7.36. The van der Waals surface area contributed by atoms with Gasteiger partial charge >= 0.3 is 0 Å². The Morgan fingerprint density at radius 2 is 1.98 bits per heavy atom. The monoisotopic (exact) mass is 579 g/mol. The van der Waals surface area contributed by atoms with E-state index in [-0.39, 0.29) is 29.9 Å². The lowest BCUT2D eigenvalue weighted by Gasteiger charge is -2.32. The SMILES string of the molecule is C[C@H](O)C(=O)Nc1ccc2c(c1)[C@@]1(O[C@H](CCn3cc(C(CO)c4ccccc4)nn3)[C@@H]([Si](C)(C)O)[C@@H]1C)C(=O)N2. The molecule has 2 amide bonds. The van der Waals surface area contributed by atoms with E-state index >= 15 is 0 Å². The van der Waals surface area contributed by atoms with Gasteiger partial charge in [-0.15, -0.1) is 5.10 Å². The van der Waals surface area contributed by atoms with Gasteiger partial charge < -0.3 is 30.4 Å². The van der Waals surface area contributed by atoms with Crippen LogP contribution in [0.2, 0.25) is 18.6 Å². The molecule has 0 bridgehead atoms. The average Bonchev–Trinajstić information content (AvgIpc) is 3.59. The van der Waals surface area contributed by atoms with Crippen molar-refractivity contribution in [3.8, 4) is 0 Å². The maximum atomic E-state index is 13.6. The smallest absolute Gasteiger partial charge is 0.261 e. The Labute approximate surface area is 239 Å². The lowest BCUT2D eigenvalue weighted by atomic mass is 9.82. The average molecular weight is 580 g/mol. The number of amides is 2. The van der Waals surface area contributed by atoms with E-state index in [4.69, 9.17) is 4.74 Å². The van der Waals surface area contributed by atoms with Crippen molar-refractivity contribution >= 4 is 31.5 Å². The second-order valence-electron chi connectivity index (χ2n) is 11.6. The molecule has 3 aromatic rings. The number of aryl methyl sites for hydroxylation is 1. The number of carbonyl (C=O) groups is 2. The normalized spacial score (nSPS) is 25.1. The van der Waals surface area contributed by atoms with Gasteiger partial charge in [0, 0.05) is 41.1 Å². The van der Waals surface area contributed by atoms with Crippen molar-refractivity contribution in [1.29, 1.82) is 0 Å². The maximum Gasteiger partial charge on any atom is 0.261 e. The van der Waals surface area contributed by atoms with Crippen LogP contribution in [0.15, 0.2) is 54.7 Å². The number of nitrogens with one attached hydrogen (secondary N) is 2. The maximum absolute atomic E-state index is 13.6. The van der Waals surface area contributed by atoms with Gasteiger partial charge in [0.1, 0.15) is 6.10 Å². The van der Waals surface area contributed by atoms with Gasteiger partial charge in [-0.1, -0.05) is 42.5 Å². The molecule has 3 heterocycles. The molecule has 2 aliphatic heterocycles. The third-order valence-electron chi connectivity index (χ3n) is 8.33. The molecule has 1 fully saturated rings. The van der Waals surface area contributed by atoms with Crippen molar-refractivity contribution in [1.82, 2.24) is 15.0 Å². The number of aromatic nitrogens is 3. The fourth-order valence-electron chi connectivity index (χ4n) is 6.39. The van der Waals surface area contributed by atoms with Gasteiger partial charge in [0.25, 0.3) is 11.8 Å². The van der Waals surface area contributed by atoms with Crippen molar-refractivity contribution in [3.05, 3.63) is 71.5 Å². The minimum atomic E-state index is -2.84. The summed E-state index contributed by atoms with van der Waals surface area (Å²) in [5, 5.41) is 33.8. The molecule has 2 aromatic carbocycles. The molecule has 1 aromatic heterocycles. The first-order valence-corrected chi connectivity index (χ1v) is 16.9. The van der Waals surface area contributed by atoms with E-state index < -0.39 is 32.0 Å². The molecular formula is C29H37N5O6Si. The summed E-state index contributed by atoms with van der Waals surface area (Å²) in [6, 6.07) is 14.7. The van der Waals surface area contributed by atoms with Crippen LogP contribution in [0.4, 0.5) is 11.4 Å². The van der Waals surface area contributed by atoms with E-state index in [2.05, 4.69) is 20.9 Å². The largest absolute Gasteiger partial charge is 0.432 e. The number of fused-ring (bicyclic) bond motifs is 2. The molecule has 0 aliphatic carbocycles. The Hall–Kier alpha value is -3.42. The third-order valence-corrected chi connectivity index (χ3v) is 10.8. The zero-order chi connectivity index (χ0) is 29.5. The number of carbonyl (C=O) groups excluding carboxylic acids is 2. The van der Waals surface area contributed by atoms with Crippen molar-refractivity contribution in [2.45, 2.75) is 69.2 Å². The molecule has 11 nitrogen and oxygen atoms in total. The molecule has 6 atom stereocenters. The Morgan fingerprint density at radius 1 is 1.24 bits per heavy atom. The molecule has 41 heavy (non-hydrogen) atoms.